The summed E-state index contributed by atoms with van der Waals surface area (Å²) < 4.78 is 60.6. The molecule has 10 heteroatoms. The number of hydrogen-bond donors (Lipinski definition) is 0. The zero-order chi connectivity index (χ0) is 24.6. The predicted octanol–water partition coefficient (Wildman–Crippen LogP) is 4.45. The number of anilines is 1. The summed E-state index contributed by atoms with van der Waals surface area (Å²) in [6.45, 7) is 2.78. The Morgan fingerprint density at radius 2 is 1.57 bits per heavy atom. The molecule has 1 unspecified atom stereocenters. The van der Waals surface area contributed by atoms with Crippen molar-refractivity contribution in [1.29, 1.82) is 0 Å². The van der Waals surface area contributed by atoms with Crippen molar-refractivity contribution in [2.75, 3.05) is 18.0 Å². The summed E-state index contributed by atoms with van der Waals surface area (Å²) in [5.41, 5.74) is 0.968. The largest absolute Gasteiger partial charge is 0.371 e. The lowest BCUT2D eigenvalue weighted by molar-refractivity contribution is 0.276. The molecule has 0 spiro atoms. The third-order valence-electron chi connectivity index (χ3n) is 7.32. The number of sulfonamides is 1. The Bertz CT molecular complexity index is 1240. The Morgan fingerprint density at radius 1 is 0.943 bits per heavy atom. The quantitative estimate of drug-likeness (QED) is 0.517. The molecule has 2 fully saturated rings. The molecule has 0 bridgehead atoms. The first-order valence-electron chi connectivity index (χ1n) is 12.0. The fourth-order valence-electron chi connectivity index (χ4n) is 5.25. The molecule has 35 heavy (non-hydrogen) atoms. The molecule has 2 saturated heterocycles. The first-order chi connectivity index (χ1) is 16.8. The summed E-state index contributed by atoms with van der Waals surface area (Å²) in [5.74, 6) is -1.43. The number of piperidine rings is 1. The van der Waals surface area contributed by atoms with Crippen LogP contribution in [0.25, 0.3) is 0 Å². The molecule has 3 heterocycles. The summed E-state index contributed by atoms with van der Waals surface area (Å²) in [6.07, 6.45) is 6.11. The number of aromatic nitrogens is 3. The van der Waals surface area contributed by atoms with Crippen LogP contribution in [0.5, 0.6) is 0 Å². The summed E-state index contributed by atoms with van der Waals surface area (Å²) >= 11 is 0. The second-order valence-electron chi connectivity index (χ2n) is 9.43. The van der Waals surface area contributed by atoms with E-state index in [4.69, 9.17) is 0 Å². The van der Waals surface area contributed by atoms with Crippen molar-refractivity contribution in [1.82, 2.24) is 19.1 Å². The summed E-state index contributed by atoms with van der Waals surface area (Å²) in [7, 11) is -3.78. The lowest BCUT2D eigenvalue weighted by Gasteiger charge is -2.38. The van der Waals surface area contributed by atoms with Crippen molar-refractivity contribution in [2.45, 2.75) is 56.5 Å². The van der Waals surface area contributed by atoms with Crippen LogP contribution in [0.15, 0.2) is 55.1 Å². The summed E-state index contributed by atoms with van der Waals surface area (Å²) in [6, 6.07) is 11.6. The van der Waals surface area contributed by atoms with E-state index in [-0.39, 0.29) is 24.2 Å². The topological polar surface area (TPSA) is 71.3 Å². The van der Waals surface area contributed by atoms with Crippen molar-refractivity contribution in [3.8, 4) is 0 Å². The monoisotopic (exact) mass is 501 g/mol. The molecule has 186 valence electrons. The van der Waals surface area contributed by atoms with Gasteiger partial charge in [0, 0.05) is 43.0 Å². The van der Waals surface area contributed by atoms with Gasteiger partial charge in [0.05, 0.1) is 0 Å². The normalized spacial score (nSPS) is 23.5. The van der Waals surface area contributed by atoms with Gasteiger partial charge in [0.1, 0.15) is 29.5 Å². The Hall–Kier alpha value is -2.85. The fourth-order valence-corrected chi connectivity index (χ4v) is 7.43. The molecule has 2 aliphatic heterocycles. The van der Waals surface area contributed by atoms with Crippen LogP contribution in [0.4, 0.5) is 14.5 Å². The van der Waals surface area contributed by atoms with Gasteiger partial charge in [-0.1, -0.05) is 30.3 Å². The van der Waals surface area contributed by atoms with Gasteiger partial charge >= 0.3 is 0 Å². The number of hydrogen-bond acceptors (Lipinski definition) is 5. The van der Waals surface area contributed by atoms with Crippen LogP contribution < -0.4 is 4.90 Å². The van der Waals surface area contributed by atoms with E-state index in [0.717, 1.165) is 12.8 Å². The van der Waals surface area contributed by atoms with Crippen molar-refractivity contribution in [2.24, 2.45) is 0 Å². The minimum absolute atomic E-state index is 0.211. The van der Waals surface area contributed by atoms with Crippen LogP contribution in [0, 0.1) is 11.6 Å². The van der Waals surface area contributed by atoms with Gasteiger partial charge in [0.15, 0.2) is 0 Å². The number of benzene rings is 2. The van der Waals surface area contributed by atoms with Gasteiger partial charge in [-0.15, -0.1) is 10.2 Å². The number of nitrogens with zero attached hydrogens (tertiary/aromatic N) is 5. The summed E-state index contributed by atoms with van der Waals surface area (Å²) in [5, 5.41) is 6.98. The highest BCUT2D eigenvalue weighted by Crippen LogP contribution is 2.39. The molecule has 1 aromatic heterocycles. The van der Waals surface area contributed by atoms with Crippen LogP contribution >= 0.6 is 0 Å². The van der Waals surface area contributed by atoms with E-state index in [0.29, 0.717) is 37.2 Å². The Balaban J connectivity index is 1.34. The molecule has 5 rings (SSSR count). The van der Waals surface area contributed by atoms with Gasteiger partial charge < -0.3 is 9.47 Å². The second-order valence-corrected chi connectivity index (χ2v) is 11.5. The second kappa shape index (κ2) is 9.66. The maximum atomic E-state index is 15.2. The number of halogens is 2. The molecule has 2 aromatic carbocycles. The maximum absolute atomic E-state index is 15.2. The standard InChI is InChI=1S/C25H29F2N5O2S/c1-18-7-8-25(19-5-3-2-4-6-19)35(33,34)32(18)15-22-23(26)13-21(14-24(22)27)30-11-9-20(10-12-30)31-16-28-29-17-31/h2-6,13-14,16-18,20,25H,7-12,15H2,1H3/t18-,25?/m0/s1. The SMILES string of the molecule is C[C@H]1CCC(c2ccccc2)S(=O)(=O)N1Cc1c(F)cc(N2CCC(n3cnnc3)CC2)cc1F. The molecule has 7 nitrogen and oxygen atoms in total. The van der Waals surface area contributed by atoms with E-state index in [1.54, 1.807) is 43.8 Å². The first-order valence-corrected chi connectivity index (χ1v) is 13.5. The first kappa shape index (κ1) is 23.9. The average Bonchev–Trinajstić information content (AvgIpc) is 3.38. The van der Waals surface area contributed by atoms with E-state index in [1.165, 1.54) is 16.4 Å². The van der Waals surface area contributed by atoms with Gasteiger partial charge in [0.2, 0.25) is 10.0 Å². The molecule has 2 aliphatic rings. The van der Waals surface area contributed by atoms with E-state index in [1.807, 2.05) is 15.5 Å². The van der Waals surface area contributed by atoms with Crippen molar-refractivity contribution >= 4 is 15.7 Å². The Labute approximate surface area is 204 Å². The number of rotatable bonds is 5. The lowest BCUT2D eigenvalue weighted by atomic mass is 10.0. The fraction of sp³-hybridized carbons (Fsp3) is 0.440. The molecule has 0 amide bonds. The smallest absolute Gasteiger partial charge is 0.221 e. The molecule has 2 atom stereocenters. The van der Waals surface area contributed by atoms with Gasteiger partial charge in [-0.05, 0) is 50.3 Å². The van der Waals surface area contributed by atoms with Gasteiger partial charge in [-0.2, -0.15) is 4.31 Å². The third-order valence-corrected chi connectivity index (χ3v) is 9.69. The van der Waals surface area contributed by atoms with E-state index in [2.05, 4.69) is 10.2 Å². The van der Waals surface area contributed by atoms with Crippen LogP contribution in [-0.2, 0) is 16.6 Å². The van der Waals surface area contributed by atoms with E-state index >= 15 is 8.78 Å². The molecule has 0 radical (unpaired) electrons. The molecule has 0 N–H and O–H groups in total. The Kier molecular flexibility index (Phi) is 6.59. The molecule has 0 saturated carbocycles. The van der Waals surface area contributed by atoms with Crippen molar-refractivity contribution in [3.05, 3.63) is 77.9 Å². The zero-order valence-corrected chi connectivity index (χ0v) is 20.4. The molecular formula is C25H29F2N5O2S. The van der Waals surface area contributed by atoms with Gasteiger partial charge in [-0.3, -0.25) is 0 Å². The third kappa shape index (κ3) is 4.69. The van der Waals surface area contributed by atoms with E-state index < -0.39 is 26.9 Å². The summed E-state index contributed by atoms with van der Waals surface area (Å²) in [4.78, 5) is 1.96. The molecule has 0 aliphatic carbocycles. The highest BCUT2D eigenvalue weighted by molar-refractivity contribution is 7.89. The van der Waals surface area contributed by atoms with Crippen molar-refractivity contribution < 1.29 is 17.2 Å². The average molecular weight is 502 g/mol. The Morgan fingerprint density at radius 3 is 2.20 bits per heavy atom. The lowest BCUT2D eigenvalue weighted by Crippen LogP contribution is -2.45. The van der Waals surface area contributed by atoms with Crippen LogP contribution in [0.1, 0.15) is 55.0 Å². The highest BCUT2D eigenvalue weighted by Gasteiger charge is 2.41. The van der Waals surface area contributed by atoms with Gasteiger partial charge in [0.25, 0.3) is 0 Å². The van der Waals surface area contributed by atoms with Gasteiger partial charge in [-0.25, -0.2) is 17.2 Å². The predicted molar refractivity (Wildman–Crippen MR) is 129 cm³/mol. The highest BCUT2D eigenvalue weighted by atomic mass is 32.2. The molecular weight excluding hydrogens is 472 g/mol. The minimum atomic E-state index is -3.78. The zero-order valence-electron chi connectivity index (χ0n) is 19.6. The van der Waals surface area contributed by atoms with Crippen LogP contribution in [0.3, 0.4) is 0 Å². The van der Waals surface area contributed by atoms with Crippen molar-refractivity contribution in [3.63, 3.8) is 0 Å². The van der Waals surface area contributed by atoms with E-state index in [9.17, 15) is 8.42 Å². The van der Waals surface area contributed by atoms with Crippen LogP contribution in [-0.4, -0.2) is 46.6 Å². The minimum Gasteiger partial charge on any atom is -0.371 e. The molecule has 3 aromatic rings. The van der Waals surface area contributed by atoms with Crippen LogP contribution in [0.2, 0.25) is 0 Å². The maximum Gasteiger partial charge on any atom is 0.221 e.